The molecule has 0 spiro atoms. The van der Waals surface area contributed by atoms with Crippen molar-refractivity contribution in [3.63, 3.8) is 0 Å². The number of nitrogens with zero attached hydrogens (tertiary/aromatic N) is 2. The molecule has 0 unspecified atom stereocenters. The van der Waals surface area contributed by atoms with Gasteiger partial charge in [0.25, 0.3) is 0 Å². The van der Waals surface area contributed by atoms with Crippen LogP contribution in [0.2, 0.25) is 0 Å². The van der Waals surface area contributed by atoms with Gasteiger partial charge < -0.3 is 14.5 Å². The van der Waals surface area contributed by atoms with E-state index in [1.807, 2.05) is 12.1 Å². The van der Waals surface area contributed by atoms with Crippen LogP contribution in [-0.4, -0.2) is 38.2 Å². The zero-order valence-corrected chi connectivity index (χ0v) is 12.2. The molecular formula is C16H24N2O. The third kappa shape index (κ3) is 3.03. The smallest absolute Gasteiger partial charge is 0.142 e. The number of para-hydroxylation sites is 2. The van der Waals surface area contributed by atoms with Gasteiger partial charge in [0.2, 0.25) is 0 Å². The number of hydrogen-bond acceptors (Lipinski definition) is 3. The van der Waals surface area contributed by atoms with Gasteiger partial charge in [0.1, 0.15) is 5.75 Å². The molecule has 1 fully saturated rings. The van der Waals surface area contributed by atoms with E-state index < -0.39 is 0 Å². The minimum Gasteiger partial charge on any atom is -0.495 e. The van der Waals surface area contributed by atoms with E-state index in [-0.39, 0.29) is 0 Å². The highest BCUT2D eigenvalue weighted by Crippen LogP contribution is 2.29. The van der Waals surface area contributed by atoms with Crippen molar-refractivity contribution in [1.82, 2.24) is 4.90 Å². The van der Waals surface area contributed by atoms with Crippen LogP contribution in [0.25, 0.3) is 0 Å². The Morgan fingerprint density at radius 2 is 1.79 bits per heavy atom. The summed E-state index contributed by atoms with van der Waals surface area (Å²) in [6, 6.07) is 8.23. The molecule has 0 N–H and O–H groups in total. The third-order valence-electron chi connectivity index (χ3n) is 3.78. The Balaban J connectivity index is 2.02. The van der Waals surface area contributed by atoms with Gasteiger partial charge in [-0.25, -0.2) is 0 Å². The van der Waals surface area contributed by atoms with E-state index >= 15 is 0 Å². The van der Waals surface area contributed by atoms with Crippen LogP contribution in [-0.2, 0) is 0 Å². The lowest BCUT2D eigenvalue weighted by Crippen LogP contribution is -2.46. The first kappa shape index (κ1) is 13.8. The lowest BCUT2D eigenvalue weighted by Gasteiger charge is -2.39. The van der Waals surface area contributed by atoms with E-state index in [1.54, 1.807) is 7.11 Å². The Kier molecular flexibility index (Phi) is 4.35. The number of anilines is 1. The van der Waals surface area contributed by atoms with Gasteiger partial charge in [0, 0.05) is 31.9 Å². The average Bonchev–Trinajstić information content (AvgIpc) is 2.46. The molecule has 1 aliphatic heterocycles. The lowest BCUT2D eigenvalue weighted by molar-refractivity contribution is 0.294. The first-order valence-electron chi connectivity index (χ1n) is 6.95. The summed E-state index contributed by atoms with van der Waals surface area (Å²) in [5.74, 6) is 1.48. The lowest BCUT2D eigenvalue weighted by atomic mass is 10.1. The summed E-state index contributed by atoms with van der Waals surface area (Å²) >= 11 is 0. The third-order valence-corrected chi connectivity index (χ3v) is 3.78. The molecule has 0 aromatic heterocycles. The normalized spacial score (nSPS) is 15.8. The van der Waals surface area contributed by atoms with Crippen LogP contribution in [0, 0.1) is 5.92 Å². The molecule has 3 heteroatoms. The van der Waals surface area contributed by atoms with Gasteiger partial charge in [-0.2, -0.15) is 0 Å². The average molecular weight is 260 g/mol. The number of hydrogen-bond donors (Lipinski definition) is 0. The largest absolute Gasteiger partial charge is 0.495 e. The zero-order chi connectivity index (χ0) is 13.8. The van der Waals surface area contributed by atoms with Crippen molar-refractivity contribution in [1.29, 1.82) is 0 Å². The Morgan fingerprint density at radius 3 is 2.37 bits per heavy atom. The summed E-state index contributed by atoms with van der Waals surface area (Å²) in [6.45, 7) is 12.7. The molecule has 2 rings (SSSR count). The topological polar surface area (TPSA) is 15.7 Å². The quantitative estimate of drug-likeness (QED) is 0.827. The van der Waals surface area contributed by atoms with Crippen molar-refractivity contribution in [3.05, 3.63) is 36.5 Å². The molecule has 1 saturated heterocycles. The summed E-state index contributed by atoms with van der Waals surface area (Å²) in [5, 5.41) is 0. The number of ether oxygens (including phenoxy) is 1. The fraction of sp³-hybridized carbons (Fsp3) is 0.500. The second kappa shape index (κ2) is 6.00. The van der Waals surface area contributed by atoms with E-state index in [0.717, 1.165) is 31.9 Å². The Bertz CT molecular complexity index is 434. The number of benzene rings is 1. The van der Waals surface area contributed by atoms with Gasteiger partial charge in [0.05, 0.1) is 12.8 Å². The van der Waals surface area contributed by atoms with Crippen LogP contribution in [0.4, 0.5) is 5.69 Å². The monoisotopic (exact) mass is 260 g/mol. The molecule has 1 aromatic rings. The fourth-order valence-electron chi connectivity index (χ4n) is 2.49. The van der Waals surface area contributed by atoms with E-state index in [2.05, 4.69) is 42.4 Å². The maximum absolute atomic E-state index is 5.44. The zero-order valence-electron chi connectivity index (χ0n) is 12.2. The Labute approximate surface area is 116 Å². The van der Waals surface area contributed by atoms with Crippen molar-refractivity contribution < 1.29 is 4.74 Å². The van der Waals surface area contributed by atoms with E-state index in [9.17, 15) is 0 Å². The summed E-state index contributed by atoms with van der Waals surface area (Å²) in [5.41, 5.74) is 2.44. The van der Waals surface area contributed by atoms with E-state index in [4.69, 9.17) is 4.74 Å². The Hall–Kier alpha value is -1.64. The molecule has 0 radical (unpaired) electrons. The molecule has 0 atom stereocenters. The van der Waals surface area contributed by atoms with Crippen molar-refractivity contribution >= 4 is 5.69 Å². The van der Waals surface area contributed by atoms with Gasteiger partial charge in [-0.15, -0.1) is 0 Å². The van der Waals surface area contributed by atoms with Gasteiger partial charge in [-0.05, 0) is 18.1 Å². The molecule has 0 saturated carbocycles. The summed E-state index contributed by atoms with van der Waals surface area (Å²) in [4.78, 5) is 4.79. The predicted octanol–water partition coefficient (Wildman–Crippen LogP) is 2.99. The maximum Gasteiger partial charge on any atom is 0.142 e. The number of methoxy groups -OCH3 is 1. The molecular weight excluding hydrogens is 236 g/mol. The van der Waals surface area contributed by atoms with Gasteiger partial charge >= 0.3 is 0 Å². The first-order valence-corrected chi connectivity index (χ1v) is 6.95. The highest BCUT2D eigenvalue weighted by Gasteiger charge is 2.20. The maximum atomic E-state index is 5.44. The SMILES string of the molecule is C=C(C(C)C)N1CCN(c2ccccc2OC)CC1. The highest BCUT2D eigenvalue weighted by molar-refractivity contribution is 5.58. The van der Waals surface area contributed by atoms with E-state index in [1.165, 1.54) is 11.4 Å². The van der Waals surface area contributed by atoms with Crippen molar-refractivity contribution in [2.45, 2.75) is 13.8 Å². The van der Waals surface area contributed by atoms with Gasteiger partial charge in [-0.3, -0.25) is 0 Å². The molecule has 104 valence electrons. The van der Waals surface area contributed by atoms with Crippen LogP contribution in [0.5, 0.6) is 5.75 Å². The summed E-state index contributed by atoms with van der Waals surface area (Å²) in [7, 11) is 1.73. The number of allylic oxidation sites excluding steroid dienone is 1. The molecule has 0 aliphatic carbocycles. The minimum absolute atomic E-state index is 0.526. The molecule has 1 aromatic carbocycles. The molecule has 19 heavy (non-hydrogen) atoms. The summed E-state index contributed by atoms with van der Waals surface area (Å²) in [6.07, 6.45) is 0. The second-order valence-corrected chi connectivity index (χ2v) is 5.29. The van der Waals surface area contributed by atoms with Gasteiger partial charge in [0.15, 0.2) is 0 Å². The van der Waals surface area contributed by atoms with Crippen molar-refractivity contribution in [3.8, 4) is 5.75 Å². The number of rotatable bonds is 4. The molecule has 1 aliphatic rings. The molecule has 0 bridgehead atoms. The molecule has 3 nitrogen and oxygen atoms in total. The van der Waals surface area contributed by atoms with Gasteiger partial charge in [-0.1, -0.05) is 32.6 Å². The van der Waals surface area contributed by atoms with Crippen molar-refractivity contribution in [2.75, 3.05) is 38.2 Å². The van der Waals surface area contributed by atoms with Crippen LogP contribution in [0.15, 0.2) is 36.5 Å². The second-order valence-electron chi connectivity index (χ2n) is 5.29. The van der Waals surface area contributed by atoms with Crippen LogP contribution in [0.3, 0.4) is 0 Å². The van der Waals surface area contributed by atoms with E-state index in [0.29, 0.717) is 5.92 Å². The summed E-state index contributed by atoms with van der Waals surface area (Å²) < 4.78 is 5.44. The van der Waals surface area contributed by atoms with Crippen molar-refractivity contribution in [2.24, 2.45) is 5.92 Å². The highest BCUT2D eigenvalue weighted by atomic mass is 16.5. The minimum atomic E-state index is 0.526. The Morgan fingerprint density at radius 1 is 1.16 bits per heavy atom. The number of piperazine rings is 1. The van der Waals surface area contributed by atoms with Crippen LogP contribution >= 0.6 is 0 Å². The molecule has 1 heterocycles. The standard InChI is InChI=1S/C16H24N2O/c1-13(2)14(3)17-9-11-18(12-10-17)15-7-5-6-8-16(15)19-4/h5-8,13H,3,9-12H2,1-2,4H3. The van der Waals surface area contributed by atoms with Crippen LogP contribution < -0.4 is 9.64 Å². The molecule has 0 amide bonds. The van der Waals surface area contributed by atoms with Crippen LogP contribution in [0.1, 0.15) is 13.8 Å². The fourth-order valence-corrected chi connectivity index (χ4v) is 2.49. The predicted molar refractivity (Wildman–Crippen MR) is 80.8 cm³/mol. The first-order chi connectivity index (χ1) is 9.13.